The van der Waals surface area contributed by atoms with E-state index in [1.54, 1.807) is 37.6 Å². The van der Waals surface area contributed by atoms with Crippen LogP contribution in [-0.2, 0) is 6.42 Å². The molecule has 3 aromatic heterocycles. The molecule has 0 saturated carbocycles. The van der Waals surface area contributed by atoms with E-state index < -0.39 is 5.60 Å². The standard InChI is InChI=1S/C26H27N5OS/c1-17-21(9-12-26(2,3)32)22-23(33-17)25(31-24(30-22)19-10-13-28-14-11-19)29-16-20(27)15-18-7-5-4-6-8-18/h4-8,10-11,13-14,20,32H,15-16,27H2,1-3H3,(H,29,30,31)/t20-/m0/s1. The molecule has 4 rings (SSSR count). The summed E-state index contributed by atoms with van der Waals surface area (Å²) < 4.78 is 0.928. The Labute approximate surface area is 197 Å². The molecule has 0 fully saturated rings. The van der Waals surface area contributed by atoms with E-state index in [-0.39, 0.29) is 6.04 Å². The first-order valence-corrected chi connectivity index (χ1v) is 11.6. The largest absolute Gasteiger partial charge is 0.378 e. The van der Waals surface area contributed by atoms with Gasteiger partial charge in [0.25, 0.3) is 0 Å². The fourth-order valence-electron chi connectivity index (χ4n) is 3.42. The van der Waals surface area contributed by atoms with E-state index in [2.05, 4.69) is 34.3 Å². The summed E-state index contributed by atoms with van der Waals surface area (Å²) in [6.07, 6.45) is 4.21. The van der Waals surface area contributed by atoms with Crippen molar-refractivity contribution in [3.8, 4) is 23.2 Å². The molecule has 6 nitrogen and oxygen atoms in total. The highest BCUT2D eigenvalue weighted by Gasteiger charge is 2.18. The average molecular weight is 458 g/mol. The average Bonchev–Trinajstić information content (AvgIpc) is 3.12. The number of pyridine rings is 1. The Hall–Kier alpha value is -3.31. The van der Waals surface area contributed by atoms with Crippen molar-refractivity contribution in [3.63, 3.8) is 0 Å². The molecule has 0 aliphatic rings. The first-order valence-electron chi connectivity index (χ1n) is 10.8. The normalized spacial score (nSPS) is 12.3. The number of hydrogen-bond acceptors (Lipinski definition) is 7. The van der Waals surface area contributed by atoms with Crippen molar-refractivity contribution >= 4 is 27.4 Å². The topological polar surface area (TPSA) is 97.0 Å². The third-order valence-electron chi connectivity index (χ3n) is 5.01. The van der Waals surface area contributed by atoms with Gasteiger partial charge in [0.15, 0.2) is 5.82 Å². The highest BCUT2D eigenvalue weighted by atomic mass is 32.1. The minimum atomic E-state index is -1.09. The summed E-state index contributed by atoms with van der Waals surface area (Å²) in [4.78, 5) is 14.8. The van der Waals surface area contributed by atoms with E-state index in [4.69, 9.17) is 15.7 Å². The molecule has 0 bridgehead atoms. The molecular weight excluding hydrogens is 430 g/mol. The SMILES string of the molecule is Cc1sc2c(NC[C@@H](N)Cc3ccccc3)nc(-c3ccncc3)nc2c1C#CC(C)(C)O. The lowest BCUT2D eigenvalue weighted by Crippen LogP contribution is -2.31. The number of aryl methyl sites for hydroxylation is 1. The minimum Gasteiger partial charge on any atom is -0.378 e. The van der Waals surface area contributed by atoms with E-state index >= 15 is 0 Å². The number of nitrogens with two attached hydrogens (primary N) is 1. The zero-order chi connectivity index (χ0) is 23.4. The summed E-state index contributed by atoms with van der Waals surface area (Å²) in [7, 11) is 0. The minimum absolute atomic E-state index is 0.0719. The molecule has 0 spiro atoms. The zero-order valence-corrected chi connectivity index (χ0v) is 19.8. The summed E-state index contributed by atoms with van der Waals surface area (Å²) in [5.41, 5.74) is 8.98. The fourth-order valence-corrected chi connectivity index (χ4v) is 4.43. The Morgan fingerprint density at radius 1 is 1.12 bits per heavy atom. The van der Waals surface area contributed by atoms with E-state index in [9.17, 15) is 5.11 Å². The fraction of sp³-hybridized carbons (Fsp3) is 0.269. The lowest BCUT2D eigenvalue weighted by molar-refractivity contribution is 0.143. The van der Waals surface area contributed by atoms with Gasteiger partial charge in [-0.25, -0.2) is 9.97 Å². The van der Waals surface area contributed by atoms with E-state index in [0.29, 0.717) is 12.4 Å². The van der Waals surface area contributed by atoms with Crippen LogP contribution in [-0.4, -0.2) is 38.2 Å². The Kier molecular flexibility index (Phi) is 6.70. The number of nitrogens with one attached hydrogen (secondary N) is 1. The van der Waals surface area contributed by atoms with Crippen molar-refractivity contribution in [2.24, 2.45) is 5.73 Å². The number of benzene rings is 1. The predicted molar refractivity (Wildman–Crippen MR) is 135 cm³/mol. The Balaban J connectivity index is 1.71. The quantitative estimate of drug-likeness (QED) is 0.376. The molecule has 3 heterocycles. The van der Waals surface area contributed by atoms with Gasteiger partial charge in [-0.2, -0.15) is 0 Å². The Morgan fingerprint density at radius 3 is 2.55 bits per heavy atom. The van der Waals surface area contributed by atoms with Gasteiger partial charge < -0.3 is 16.2 Å². The maximum atomic E-state index is 10.1. The van der Waals surface area contributed by atoms with Crippen LogP contribution < -0.4 is 11.1 Å². The lowest BCUT2D eigenvalue weighted by Gasteiger charge is -2.14. The van der Waals surface area contributed by atoms with Crippen LogP contribution in [0.4, 0.5) is 5.82 Å². The number of rotatable bonds is 6. The molecule has 33 heavy (non-hydrogen) atoms. The van der Waals surface area contributed by atoms with Gasteiger partial charge >= 0.3 is 0 Å². The molecule has 4 aromatic rings. The van der Waals surface area contributed by atoms with Gasteiger partial charge in [-0.15, -0.1) is 11.3 Å². The molecule has 7 heteroatoms. The summed E-state index contributed by atoms with van der Waals surface area (Å²) >= 11 is 1.59. The van der Waals surface area contributed by atoms with Gasteiger partial charge in [-0.1, -0.05) is 42.2 Å². The number of nitrogens with zero attached hydrogens (tertiary/aromatic N) is 3. The van der Waals surface area contributed by atoms with Crippen molar-refractivity contribution in [3.05, 3.63) is 70.9 Å². The lowest BCUT2D eigenvalue weighted by atomic mass is 10.1. The van der Waals surface area contributed by atoms with Crippen LogP contribution in [0.15, 0.2) is 54.9 Å². The predicted octanol–water partition coefficient (Wildman–Crippen LogP) is 4.17. The number of hydrogen-bond donors (Lipinski definition) is 3. The van der Waals surface area contributed by atoms with Gasteiger partial charge in [0.2, 0.25) is 0 Å². The smallest absolute Gasteiger partial charge is 0.162 e. The second-order valence-corrected chi connectivity index (χ2v) is 9.71. The Morgan fingerprint density at radius 2 is 1.85 bits per heavy atom. The number of fused-ring (bicyclic) bond motifs is 1. The molecule has 1 atom stereocenters. The summed E-state index contributed by atoms with van der Waals surface area (Å²) in [6, 6.07) is 13.9. The van der Waals surface area contributed by atoms with Crippen LogP contribution in [0.2, 0.25) is 0 Å². The van der Waals surface area contributed by atoms with Gasteiger partial charge in [-0.05, 0) is 44.9 Å². The van der Waals surface area contributed by atoms with Gasteiger partial charge in [-0.3, -0.25) is 4.98 Å². The van der Waals surface area contributed by atoms with Crippen LogP contribution in [0.5, 0.6) is 0 Å². The zero-order valence-electron chi connectivity index (χ0n) is 19.0. The molecule has 4 N–H and O–H groups in total. The molecular formula is C26H27N5OS. The van der Waals surface area contributed by atoms with Gasteiger partial charge in [0, 0.05) is 35.4 Å². The van der Waals surface area contributed by atoms with Gasteiger partial charge in [0.05, 0.1) is 10.3 Å². The third kappa shape index (κ3) is 5.74. The van der Waals surface area contributed by atoms with Crippen molar-refractivity contribution in [1.29, 1.82) is 0 Å². The molecule has 1 aromatic carbocycles. The first-order chi connectivity index (χ1) is 15.8. The molecule has 0 radical (unpaired) electrons. The third-order valence-corrected chi connectivity index (χ3v) is 6.12. The first kappa shape index (κ1) is 22.9. The van der Waals surface area contributed by atoms with Crippen molar-refractivity contribution in [1.82, 2.24) is 15.0 Å². The molecule has 0 unspecified atom stereocenters. The summed E-state index contributed by atoms with van der Waals surface area (Å²) in [5, 5.41) is 13.5. The van der Waals surface area contributed by atoms with E-state index in [0.717, 1.165) is 38.5 Å². The van der Waals surface area contributed by atoms with Crippen LogP contribution in [0.1, 0.15) is 29.9 Å². The highest BCUT2D eigenvalue weighted by molar-refractivity contribution is 7.19. The van der Waals surface area contributed by atoms with E-state index in [1.165, 1.54) is 5.56 Å². The highest BCUT2D eigenvalue weighted by Crippen LogP contribution is 2.35. The second-order valence-electron chi connectivity index (χ2n) is 8.48. The van der Waals surface area contributed by atoms with Gasteiger partial charge in [0.1, 0.15) is 16.9 Å². The van der Waals surface area contributed by atoms with Crippen LogP contribution in [0, 0.1) is 18.8 Å². The van der Waals surface area contributed by atoms with Crippen LogP contribution in [0.25, 0.3) is 21.6 Å². The van der Waals surface area contributed by atoms with Crippen molar-refractivity contribution < 1.29 is 5.11 Å². The van der Waals surface area contributed by atoms with Crippen molar-refractivity contribution in [2.75, 3.05) is 11.9 Å². The molecule has 0 aliphatic heterocycles. The Bertz CT molecular complexity index is 1300. The second kappa shape index (κ2) is 9.67. The van der Waals surface area contributed by atoms with E-state index in [1.807, 2.05) is 37.3 Å². The molecule has 0 amide bonds. The number of aromatic nitrogens is 3. The molecule has 0 aliphatic carbocycles. The van der Waals surface area contributed by atoms with Crippen LogP contribution in [0.3, 0.4) is 0 Å². The summed E-state index contributed by atoms with van der Waals surface area (Å²) in [5.74, 6) is 7.38. The summed E-state index contributed by atoms with van der Waals surface area (Å²) in [6.45, 7) is 5.92. The number of anilines is 1. The monoisotopic (exact) mass is 457 g/mol. The molecule has 168 valence electrons. The maximum absolute atomic E-state index is 10.1. The molecule has 0 saturated heterocycles. The number of thiophene rings is 1. The number of aliphatic hydroxyl groups is 1. The van der Waals surface area contributed by atoms with Crippen molar-refractivity contribution in [2.45, 2.75) is 38.8 Å². The maximum Gasteiger partial charge on any atom is 0.162 e. The van der Waals surface area contributed by atoms with Crippen LogP contribution >= 0.6 is 11.3 Å².